The molecule has 0 N–H and O–H groups in total. The molecule has 0 bridgehead atoms. The number of aromatic nitrogens is 2. The number of aryl methyl sites for hydroxylation is 2. The summed E-state index contributed by atoms with van der Waals surface area (Å²) in [6, 6.07) is 42.6. The van der Waals surface area contributed by atoms with E-state index >= 15 is 0 Å². The zero-order valence-corrected chi connectivity index (χ0v) is 27.4. The van der Waals surface area contributed by atoms with Gasteiger partial charge in [0.15, 0.2) is 0 Å². The van der Waals surface area contributed by atoms with Crippen molar-refractivity contribution in [2.24, 2.45) is 0 Å². The highest BCUT2D eigenvalue weighted by Crippen LogP contribution is 2.45. The van der Waals surface area contributed by atoms with E-state index in [9.17, 15) is 0 Å². The van der Waals surface area contributed by atoms with E-state index in [4.69, 9.17) is 4.98 Å². The molecule has 46 heavy (non-hydrogen) atoms. The topological polar surface area (TPSA) is 17.8 Å². The normalized spacial score (nSPS) is 13.6. The largest absolute Gasteiger partial charge is 0.292 e. The van der Waals surface area contributed by atoms with Crippen LogP contribution >= 0.6 is 11.3 Å². The number of rotatable bonds is 3. The Bertz CT molecular complexity index is 2450. The Kier molecular flexibility index (Phi) is 6.23. The summed E-state index contributed by atoms with van der Waals surface area (Å²) < 4.78 is 5.22. The van der Waals surface area contributed by atoms with Crippen LogP contribution in [0.25, 0.3) is 70.2 Å². The molecule has 0 spiro atoms. The van der Waals surface area contributed by atoms with Gasteiger partial charge in [-0.15, -0.1) is 11.3 Å². The van der Waals surface area contributed by atoms with Crippen molar-refractivity contribution in [1.29, 1.82) is 0 Å². The van der Waals surface area contributed by atoms with Crippen molar-refractivity contribution >= 4 is 53.3 Å². The monoisotopic (exact) mass is 612 g/mol. The lowest BCUT2D eigenvalue weighted by Gasteiger charge is -2.23. The molecule has 0 aliphatic heterocycles. The second-order valence-electron chi connectivity index (χ2n) is 13.8. The lowest BCUT2D eigenvalue weighted by molar-refractivity contribution is 0.590. The van der Waals surface area contributed by atoms with E-state index in [2.05, 4.69) is 141 Å². The van der Waals surface area contributed by atoms with Crippen molar-refractivity contribution < 1.29 is 0 Å². The third kappa shape index (κ3) is 4.25. The van der Waals surface area contributed by atoms with E-state index in [-0.39, 0.29) is 5.41 Å². The molecule has 1 aliphatic carbocycles. The van der Waals surface area contributed by atoms with E-state index in [0.29, 0.717) is 0 Å². The van der Waals surface area contributed by atoms with Crippen LogP contribution in [0.1, 0.15) is 50.3 Å². The fourth-order valence-electron chi connectivity index (χ4n) is 7.54. The second kappa shape index (κ2) is 10.4. The number of hydrogen-bond donors (Lipinski definition) is 0. The molecule has 2 aromatic heterocycles. The minimum atomic E-state index is 0.0277. The molecule has 2 heterocycles. The number of imidazole rings is 1. The zero-order valence-electron chi connectivity index (χ0n) is 26.6. The van der Waals surface area contributed by atoms with Crippen LogP contribution in [0.5, 0.6) is 0 Å². The number of thiophene rings is 1. The number of fused-ring (bicyclic) bond motifs is 8. The van der Waals surface area contributed by atoms with Gasteiger partial charge in [-0.1, -0.05) is 112 Å². The quantitative estimate of drug-likeness (QED) is 0.194. The highest BCUT2D eigenvalue weighted by Gasteiger charge is 2.24. The molecule has 1 aliphatic rings. The van der Waals surface area contributed by atoms with Crippen LogP contribution in [0, 0.1) is 0 Å². The molecular weight excluding hydrogens is 577 g/mol. The molecule has 2 nitrogen and oxygen atoms in total. The van der Waals surface area contributed by atoms with Crippen molar-refractivity contribution in [2.45, 2.75) is 51.9 Å². The smallest absolute Gasteiger partial charge is 0.147 e. The molecule has 0 amide bonds. The first-order valence-electron chi connectivity index (χ1n) is 16.5. The minimum Gasteiger partial charge on any atom is -0.292 e. The summed E-state index contributed by atoms with van der Waals surface area (Å²) in [5, 5.41) is 5.12. The van der Waals surface area contributed by atoms with Crippen molar-refractivity contribution in [1.82, 2.24) is 9.55 Å². The summed E-state index contributed by atoms with van der Waals surface area (Å²) in [5.74, 6) is 0.998. The summed E-state index contributed by atoms with van der Waals surface area (Å²) in [4.78, 5) is 5.57. The molecule has 0 fully saturated rings. The predicted octanol–water partition coefficient (Wildman–Crippen LogP) is 12.1. The molecule has 6 aromatic carbocycles. The van der Waals surface area contributed by atoms with Crippen LogP contribution in [-0.2, 0) is 18.3 Å². The van der Waals surface area contributed by atoms with Gasteiger partial charge in [0.05, 0.1) is 16.7 Å². The van der Waals surface area contributed by atoms with Gasteiger partial charge >= 0.3 is 0 Å². The van der Waals surface area contributed by atoms with E-state index in [0.717, 1.165) is 22.5 Å². The molecule has 224 valence electrons. The summed E-state index contributed by atoms with van der Waals surface area (Å²) >= 11 is 1.97. The summed E-state index contributed by atoms with van der Waals surface area (Å²) in [7, 11) is 0. The Labute approximate surface area is 274 Å². The Morgan fingerprint density at radius 2 is 1.43 bits per heavy atom. The summed E-state index contributed by atoms with van der Waals surface area (Å²) in [6.45, 7) is 6.88. The highest BCUT2D eigenvalue weighted by molar-refractivity contribution is 7.26. The maximum atomic E-state index is 5.57. The minimum absolute atomic E-state index is 0.0277. The maximum Gasteiger partial charge on any atom is 0.147 e. The Morgan fingerprint density at radius 3 is 2.30 bits per heavy atom. The Balaban J connectivity index is 1.40. The number of hydrogen-bond acceptors (Lipinski definition) is 2. The molecule has 0 unspecified atom stereocenters. The van der Waals surface area contributed by atoms with Crippen LogP contribution < -0.4 is 0 Å². The van der Waals surface area contributed by atoms with Crippen molar-refractivity contribution in [3.63, 3.8) is 0 Å². The van der Waals surface area contributed by atoms with Crippen LogP contribution in [0.4, 0.5) is 0 Å². The van der Waals surface area contributed by atoms with Gasteiger partial charge in [0.25, 0.3) is 0 Å². The van der Waals surface area contributed by atoms with Crippen LogP contribution in [0.15, 0.2) is 115 Å². The van der Waals surface area contributed by atoms with Crippen molar-refractivity contribution in [3.05, 3.63) is 132 Å². The van der Waals surface area contributed by atoms with Gasteiger partial charge in [0.1, 0.15) is 5.82 Å². The molecule has 3 heteroatoms. The standard InChI is InChI=1S/C43H36N2S/c1-43(2,3)30-22-25-37(36(26-30)27-12-5-4-6-13-27)45-38-24-21-28-14-7-9-16-31(28)39(38)44-42(45)35-19-11-18-33-34-23-20-29-15-8-10-17-32(29)40(34)46-41(33)35/h4-7,9,11-14,16,18-26H,8,10,15,17H2,1-3H3. The first kappa shape index (κ1) is 27.6. The van der Waals surface area contributed by atoms with E-state index < -0.39 is 0 Å². The lowest BCUT2D eigenvalue weighted by Crippen LogP contribution is -2.12. The van der Waals surface area contributed by atoms with Crippen molar-refractivity contribution in [3.8, 4) is 28.2 Å². The fraction of sp³-hybridized carbons (Fsp3) is 0.186. The van der Waals surface area contributed by atoms with E-state index in [1.54, 1.807) is 5.56 Å². The van der Waals surface area contributed by atoms with Crippen LogP contribution in [-0.4, -0.2) is 9.55 Å². The fourth-order valence-corrected chi connectivity index (χ4v) is 8.95. The zero-order chi connectivity index (χ0) is 31.0. The van der Waals surface area contributed by atoms with Crippen LogP contribution in [0.3, 0.4) is 0 Å². The van der Waals surface area contributed by atoms with Gasteiger partial charge in [-0.3, -0.25) is 4.57 Å². The average Bonchev–Trinajstić information content (AvgIpc) is 3.67. The van der Waals surface area contributed by atoms with Crippen molar-refractivity contribution in [2.75, 3.05) is 0 Å². The molecule has 9 rings (SSSR count). The van der Waals surface area contributed by atoms with Gasteiger partial charge in [0, 0.05) is 36.7 Å². The molecule has 0 saturated heterocycles. The number of nitrogens with zero attached hydrogens (tertiary/aromatic N) is 2. The van der Waals surface area contributed by atoms with Gasteiger partial charge in [-0.2, -0.15) is 0 Å². The summed E-state index contributed by atoms with van der Waals surface area (Å²) in [5.41, 5.74) is 11.4. The first-order valence-corrected chi connectivity index (χ1v) is 17.3. The SMILES string of the molecule is CC(C)(C)c1ccc(-n2c(-c3cccc4c3sc3c5c(ccc34)CCCC5)nc3c4ccccc4ccc32)c(-c2ccccc2)c1. The highest BCUT2D eigenvalue weighted by atomic mass is 32.1. The summed E-state index contributed by atoms with van der Waals surface area (Å²) in [6.07, 6.45) is 4.95. The number of benzene rings is 6. The maximum absolute atomic E-state index is 5.57. The molecule has 0 radical (unpaired) electrons. The Morgan fingerprint density at radius 1 is 0.652 bits per heavy atom. The molecule has 8 aromatic rings. The van der Waals surface area contributed by atoms with Gasteiger partial charge in [0.2, 0.25) is 0 Å². The molecule has 0 saturated carbocycles. The first-order chi connectivity index (χ1) is 22.5. The molecule has 0 atom stereocenters. The van der Waals surface area contributed by atoms with Gasteiger partial charge < -0.3 is 0 Å². The predicted molar refractivity (Wildman–Crippen MR) is 198 cm³/mol. The lowest BCUT2D eigenvalue weighted by atomic mass is 9.85. The van der Waals surface area contributed by atoms with E-state index in [1.807, 2.05) is 11.3 Å². The van der Waals surface area contributed by atoms with Gasteiger partial charge in [-0.05, 0) is 83.0 Å². The van der Waals surface area contributed by atoms with E-state index in [1.165, 1.54) is 84.4 Å². The average molecular weight is 613 g/mol. The third-order valence-electron chi connectivity index (χ3n) is 9.97. The third-order valence-corrected chi connectivity index (χ3v) is 11.3. The molecular formula is C43H36N2S. The second-order valence-corrected chi connectivity index (χ2v) is 14.9. The Hall–Kier alpha value is -4.73. The van der Waals surface area contributed by atoms with Gasteiger partial charge in [-0.25, -0.2) is 4.98 Å². The van der Waals surface area contributed by atoms with Crippen LogP contribution in [0.2, 0.25) is 0 Å².